The van der Waals surface area contributed by atoms with Gasteiger partial charge in [-0.15, -0.1) is 0 Å². The summed E-state index contributed by atoms with van der Waals surface area (Å²) in [5.41, 5.74) is 6.93. The number of methoxy groups -OCH3 is 3. The molecule has 0 bridgehead atoms. The molecule has 12 rings (SSSR count). The van der Waals surface area contributed by atoms with E-state index < -0.39 is 5.41 Å². The molecule has 2 aromatic carbocycles. The van der Waals surface area contributed by atoms with Crippen LogP contribution in [0.5, 0.6) is 17.2 Å². The minimum absolute atomic E-state index is 0.00347. The second kappa shape index (κ2) is 10.3. The van der Waals surface area contributed by atoms with Gasteiger partial charge in [0.1, 0.15) is 6.10 Å². The zero-order valence-electron chi connectivity index (χ0n) is 32.2. The van der Waals surface area contributed by atoms with Crippen LogP contribution in [-0.2, 0) is 29.8 Å². The molecule has 10 aliphatic rings. The van der Waals surface area contributed by atoms with E-state index in [1.807, 2.05) is 6.07 Å². The van der Waals surface area contributed by atoms with Gasteiger partial charge < -0.3 is 39.0 Å². The fourth-order valence-corrected chi connectivity index (χ4v) is 15.3. The second-order valence-corrected chi connectivity index (χ2v) is 18.3. The van der Waals surface area contributed by atoms with Crippen molar-refractivity contribution >= 4 is 17.3 Å². The third kappa shape index (κ3) is 3.36. The third-order valence-corrected chi connectivity index (χ3v) is 17.2. The molecule has 2 aromatic rings. The van der Waals surface area contributed by atoms with Crippen LogP contribution in [0.2, 0.25) is 0 Å². The number of rotatable bonds is 6. The lowest BCUT2D eigenvalue weighted by Crippen LogP contribution is -2.66. The van der Waals surface area contributed by atoms with Gasteiger partial charge in [-0.1, -0.05) is 26.0 Å². The number of nitrogens with zero attached hydrogens (tertiary/aromatic N) is 3. The number of esters is 1. The first kappa shape index (κ1) is 32.7. The largest absolute Gasteiger partial charge is 0.504 e. The van der Waals surface area contributed by atoms with E-state index in [1.54, 1.807) is 19.8 Å². The van der Waals surface area contributed by atoms with Crippen molar-refractivity contribution in [2.24, 2.45) is 10.8 Å². The number of hydrogen-bond acceptors (Lipinski definition) is 11. The Labute approximate surface area is 316 Å². The molecule has 6 saturated heterocycles. The summed E-state index contributed by atoms with van der Waals surface area (Å²) < 4.78 is 30.5. The standard InChI is InChI=1S/C43H52N4O7/c1-7-40-12-11-28-42(13-15-46(38(40)42)20-27-35(40)53-27)23-17-21(9-10-25(23)45(28)3)30-33-36(54-33)41(8-2)19-22(37(49)52-6)34-43(14-16-47(30)39(41)43)24-18-26(48)31(50-4)32(51-5)29(24)44-34/h9-10,17-18,27-28,30,33,35-36,38-39,44,48H,7-8,11-16,19-20H2,1-6H3/t27-,28-,30-,33-,35-,36-,38+,39+,40-,41-,42+,43+/m1/s1. The Morgan fingerprint density at radius 2 is 1.78 bits per heavy atom. The van der Waals surface area contributed by atoms with Crippen molar-refractivity contribution in [2.45, 2.75) is 118 Å². The average Bonchev–Trinajstić information content (AvgIpc) is 4.03. The number of aromatic hydroxyl groups is 1. The fraction of sp³-hybridized carbons (Fsp3) is 0.651. The van der Waals surface area contributed by atoms with Crippen LogP contribution < -0.4 is 19.7 Å². The number of benzene rings is 2. The van der Waals surface area contributed by atoms with Crippen LogP contribution in [0.25, 0.3) is 0 Å². The first-order chi connectivity index (χ1) is 26.2. The van der Waals surface area contributed by atoms with Crippen molar-refractivity contribution in [3.8, 4) is 17.2 Å². The number of fused-ring (bicyclic) bond motifs is 6. The summed E-state index contributed by atoms with van der Waals surface area (Å²) in [7, 11) is 6.96. The van der Waals surface area contributed by atoms with Gasteiger partial charge in [-0.3, -0.25) is 9.80 Å². The number of epoxide rings is 2. The van der Waals surface area contributed by atoms with E-state index in [9.17, 15) is 9.90 Å². The maximum absolute atomic E-state index is 13.8. The SMILES string of the molecule is CC[C@@]12CC[C@H]3N(C)c4ccc([C@@H]5[C@H]6O[C@H]6[C@@]6(CC)CC(C(=O)OC)=C7Nc8c(cc(O)c(OC)c8OC)[C@@]78CCN5[C@@H]68)cc4[C@@]34CCN(C[C@H]3O[C@H]31)[C@@H]24. The van der Waals surface area contributed by atoms with Crippen LogP contribution >= 0.6 is 0 Å². The highest BCUT2D eigenvalue weighted by molar-refractivity contribution is 5.94. The van der Waals surface area contributed by atoms with Gasteiger partial charge in [0.25, 0.3) is 0 Å². The molecule has 2 aliphatic carbocycles. The maximum atomic E-state index is 13.8. The number of likely N-dealkylation sites (N-methyl/N-ethyl adjacent to an activating group) is 1. The minimum Gasteiger partial charge on any atom is -0.504 e. The third-order valence-electron chi connectivity index (χ3n) is 17.2. The summed E-state index contributed by atoms with van der Waals surface area (Å²) in [5.74, 6) is 0.454. The number of hydrogen-bond donors (Lipinski definition) is 2. The molecule has 0 radical (unpaired) electrons. The molecule has 8 aliphatic heterocycles. The lowest BCUT2D eigenvalue weighted by molar-refractivity contribution is -0.137. The topological polar surface area (TPSA) is 112 Å². The van der Waals surface area contributed by atoms with Crippen molar-refractivity contribution < 1.29 is 33.6 Å². The number of piperidine rings is 2. The predicted octanol–water partition coefficient (Wildman–Crippen LogP) is 5.00. The number of phenols is 1. The molecule has 2 N–H and O–H groups in total. The molecule has 1 saturated carbocycles. The quantitative estimate of drug-likeness (QED) is 0.238. The summed E-state index contributed by atoms with van der Waals surface area (Å²) in [5, 5.41) is 15.1. The molecule has 0 unspecified atom stereocenters. The monoisotopic (exact) mass is 736 g/mol. The molecule has 286 valence electrons. The van der Waals surface area contributed by atoms with Crippen LogP contribution in [-0.4, -0.2) is 111 Å². The molecule has 12 atom stereocenters. The molecular weight excluding hydrogens is 684 g/mol. The van der Waals surface area contributed by atoms with Crippen molar-refractivity contribution in [3.05, 3.63) is 52.2 Å². The van der Waals surface area contributed by atoms with Crippen molar-refractivity contribution in [1.82, 2.24) is 9.80 Å². The maximum Gasteiger partial charge on any atom is 0.335 e. The van der Waals surface area contributed by atoms with Crippen LogP contribution in [0.15, 0.2) is 35.5 Å². The van der Waals surface area contributed by atoms with Gasteiger partial charge >= 0.3 is 5.97 Å². The summed E-state index contributed by atoms with van der Waals surface area (Å²) in [6, 6.07) is 10.4. The van der Waals surface area contributed by atoms with Crippen molar-refractivity contribution in [3.63, 3.8) is 0 Å². The molecule has 54 heavy (non-hydrogen) atoms. The van der Waals surface area contributed by atoms with Crippen LogP contribution in [0.1, 0.15) is 81.5 Å². The summed E-state index contributed by atoms with van der Waals surface area (Å²) in [6.45, 7) is 7.73. The highest BCUT2D eigenvalue weighted by Gasteiger charge is 2.78. The van der Waals surface area contributed by atoms with Crippen LogP contribution in [0.3, 0.4) is 0 Å². The van der Waals surface area contributed by atoms with E-state index in [0.717, 1.165) is 49.4 Å². The highest BCUT2D eigenvalue weighted by atomic mass is 16.6. The Morgan fingerprint density at radius 3 is 2.54 bits per heavy atom. The first-order valence-corrected chi connectivity index (χ1v) is 20.4. The average molecular weight is 737 g/mol. The molecule has 11 heteroatoms. The van der Waals surface area contributed by atoms with Gasteiger partial charge in [-0.25, -0.2) is 4.79 Å². The smallest absolute Gasteiger partial charge is 0.335 e. The molecule has 8 heterocycles. The van der Waals surface area contributed by atoms with E-state index in [1.165, 1.54) is 44.0 Å². The van der Waals surface area contributed by atoms with Crippen LogP contribution in [0, 0.1) is 10.8 Å². The van der Waals surface area contributed by atoms with E-state index in [-0.39, 0.29) is 58.0 Å². The number of ether oxygens (including phenoxy) is 5. The molecule has 2 spiro atoms. The highest BCUT2D eigenvalue weighted by Crippen LogP contribution is 2.73. The number of carbonyl (C=O) groups is 1. The Morgan fingerprint density at radius 1 is 0.963 bits per heavy atom. The zero-order valence-corrected chi connectivity index (χ0v) is 32.2. The predicted molar refractivity (Wildman–Crippen MR) is 200 cm³/mol. The van der Waals surface area contributed by atoms with Gasteiger partial charge in [0, 0.05) is 65.9 Å². The normalized spacial score (nSPS) is 43.9. The Kier molecular flexibility index (Phi) is 6.22. The Bertz CT molecular complexity index is 2090. The molecule has 7 fully saturated rings. The zero-order chi connectivity index (χ0) is 36.8. The van der Waals surface area contributed by atoms with E-state index >= 15 is 0 Å². The Hall–Kier alpha value is -3.51. The number of nitrogens with one attached hydrogen (secondary N) is 1. The van der Waals surface area contributed by atoms with Gasteiger partial charge in [0.2, 0.25) is 5.75 Å². The van der Waals surface area contributed by atoms with Gasteiger partial charge in [0.05, 0.1) is 62.4 Å². The molecule has 0 amide bonds. The lowest BCUT2D eigenvalue weighted by atomic mass is 9.52. The van der Waals surface area contributed by atoms with E-state index in [2.05, 4.69) is 59.1 Å². The van der Waals surface area contributed by atoms with Crippen molar-refractivity contribution in [1.29, 1.82) is 0 Å². The molecular formula is C43H52N4O7. The summed E-state index contributed by atoms with van der Waals surface area (Å²) >= 11 is 0. The first-order valence-electron chi connectivity index (χ1n) is 20.4. The minimum atomic E-state index is -0.598. The fourth-order valence-electron chi connectivity index (χ4n) is 15.3. The van der Waals surface area contributed by atoms with Crippen molar-refractivity contribution in [2.75, 3.05) is 58.2 Å². The number of carbonyl (C=O) groups excluding carboxylic acids is 1. The van der Waals surface area contributed by atoms with Gasteiger partial charge in [-0.05, 0) is 80.3 Å². The molecule has 0 aromatic heterocycles. The van der Waals surface area contributed by atoms with Crippen LogP contribution in [0.4, 0.5) is 11.4 Å². The second-order valence-electron chi connectivity index (χ2n) is 18.3. The molecule has 11 nitrogen and oxygen atoms in total. The number of phenolic OH excluding ortho intramolecular Hbond substituents is 1. The van der Waals surface area contributed by atoms with Gasteiger partial charge in [0.15, 0.2) is 11.5 Å². The summed E-state index contributed by atoms with van der Waals surface area (Å²) in [6.07, 6.45) is 7.89. The van der Waals surface area contributed by atoms with E-state index in [0.29, 0.717) is 42.0 Å². The number of anilines is 2. The van der Waals surface area contributed by atoms with E-state index in [4.69, 9.17) is 23.7 Å². The lowest BCUT2D eigenvalue weighted by Gasteiger charge is -2.57. The van der Waals surface area contributed by atoms with Gasteiger partial charge in [-0.2, -0.15) is 0 Å². The summed E-state index contributed by atoms with van der Waals surface area (Å²) in [4.78, 5) is 22.0. The Balaban J connectivity index is 1.02.